The number of hydrogen-bond donors (Lipinski definition) is 0. The second kappa shape index (κ2) is 6.42. The zero-order chi connectivity index (χ0) is 16.4. The van der Waals surface area contributed by atoms with Crippen molar-refractivity contribution in [3.8, 4) is 5.75 Å². The molecule has 120 valence electrons. The zero-order valence-electron chi connectivity index (χ0n) is 13.0. The molecule has 1 aromatic carbocycles. The summed E-state index contributed by atoms with van der Waals surface area (Å²) in [6.45, 7) is 1.26. The highest BCUT2D eigenvalue weighted by molar-refractivity contribution is 6.28. The molecule has 7 heteroatoms. The Balaban J connectivity index is 1.96. The van der Waals surface area contributed by atoms with Crippen LogP contribution in [0, 0.1) is 0 Å². The number of rotatable bonds is 3. The Labute approximate surface area is 139 Å². The molecule has 1 aliphatic heterocycles. The Bertz CT molecular complexity index is 738. The summed E-state index contributed by atoms with van der Waals surface area (Å²) in [6.07, 6.45) is 1.68. The van der Waals surface area contributed by atoms with Crippen LogP contribution in [0.4, 0.5) is 5.82 Å². The average molecular weight is 333 g/mol. The fraction of sp³-hybridized carbons (Fsp3) is 0.312. The molecule has 0 aliphatic carbocycles. The zero-order valence-corrected chi connectivity index (χ0v) is 13.7. The van der Waals surface area contributed by atoms with Crippen molar-refractivity contribution in [1.82, 2.24) is 14.9 Å². The molecule has 2 aromatic rings. The van der Waals surface area contributed by atoms with E-state index in [1.807, 2.05) is 29.2 Å². The lowest BCUT2D eigenvalue weighted by Crippen LogP contribution is -2.35. The first kappa shape index (κ1) is 15.6. The first-order valence-corrected chi connectivity index (χ1v) is 7.58. The number of likely N-dealkylation sites (N-methyl/N-ethyl adjacent to an activating group) is 1. The fourth-order valence-corrected chi connectivity index (χ4v) is 2.72. The van der Waals surface area contributed by atoms with Crippen molar-refractivity contribution in [2.24, 2.45) is 0 Å². The molecule has 0 bridgehead atoms. The molecule has 0 saturated carbocycles. The van der Waals surface area contributed by atoms with Crippen LogP contribution in [-0.2, 0) is 17.9 Å². The van der Waals surface area contributed by atoms with E-state index >= 15 is 0 Å². The molecule has 6 nitrogen and oxygen atoms in total. The van der Waals surface area contributed by atoms with E-state index in [-0.39, 0.29) is 17.7 Å². The summed E-state index contributed by atoms with van der Waals surface area (Å²) in [5.74, 6) is 1.51. The molecule has 23 heavy (non-hydrogen) atoms. The maximum Gasteiger partial charge on any atom is 0.242 e. The molecule has 3 rings (SSSR count). The lowest BCUT2D eigenvalue weighted by molar-refractivity contribution is -0.128. The van der Waals surface area contributed by atoms with Gasteiger partial charge in [0, 0.05) is 25.4 Å². The molecular weight excluding hydrogens is 316 g/mol. The molecule has 0 fully saturated rings. The smallest absolute Gasteiger partial charge is 0.242 e. The number of ether oxygens (including phenoxy) is 1. The predicted molar refractivity (Wildman–Crippen MR) is 87.6 cm³/mol. The van der Waals surface area contributed by atoms with Crippen molar-refractivity contribution in [2.45, 2.75) is 13.1 Å². The van der Waals surface area contributed by atoms with Crippen LogP contribution < -0.4 is 9.64 Å². The van der Waals surface area contributed by atoms with Gasteiger partial charge in [-0.25, -0.2) is 9.97 Å². The molecule has 1 amide bonds. The van der Waals surface area contributed by atoms with E-state index in [1.54, 1.807) is 25.3 Å². The van der Waals surface area contributed by atoms with Gasteiger partial charge in [-0.05, 0) is 29.3 Å². The van der Waals surface area contributed by atoms with Gasteiger partial charge in [0.2, 0.25) is 11.2 Å². The van der Waals surface area contributed by atoms with Crippen LogP contribution in [-0.4, -0.2) is 41.5 Å². The van der Waals surface area contributed by atoms with Gasteiger partial charge in [0.1, 0.15) is 11.6 Å². The second-order valence-electron chi connectivity index (χ2n) is 5.45. The van der Waals surface area contributed by atoms with Crippen LogP contribution in [0.25, 0.3) is 0 Å². The van der Waals surface area contributed by atoms with Gasteiger partial charge in [0.25, 0.3) is 0 Å². The maximum atomic E-state index is 12.3. The van der Waals surface area contributed by atoms with Crippen molar-refractivity contribution in [3.63, 3.8) is 0 Å². The Morgan fingerprint density at radius 3 is 2.96 bits per heavy atom. The minimum absolute atomic E-state index is 0.0296. The first-order chi connectivity index (χ1) is 11.1. The number of nitrogens with zero attached hydrogens (tertiary/aromatic N) is 4. The van der Waals surface area contributed by atoms with Crippen molar-refractivity contribution < 1.29 is 9.53 Å². The third-order valence-corrected chi connectivity index (χ3v) is 3.96. The summed E-state index contributed by atoms with van der Waals surface area (Å²) in [7, 11) is 3.40. The van der Waals surface area contributed by atoms with Crippen LogP contribution >= 0.6 is 11.6 Å². The van der Waals surface area contributed by atoms with Crippen LogP contribution in [0.2, 0.25) is 5.28 Å². The van der Waals surface area contributed by atoms with Gasteiger partial charge in [-0.2, -0.15) is 0 Å². The summed E-state index contributed by atoms with van der Waals surface area (Å²) < 4.78 is 5.26. The van der Waals surface area contributed by atoms with E-state index in [9.17, 15) is 4.79 Å². The summed E-state index contributed by atoms with van der Waals surface area (Å²) >= 11 is 5.95. The standard InChI is InChI=1S/C16H17ClN4O2/c1-20-9-12-7-18-16(17)19-15(12)21(10-14(20)22)8-11-4-3-5-13(6-11)23-2/h3-7H,8-10H2,1-2H3. The average Bonchev–Trinajstić information content (AvgIpc) is 2.66. The molecule has 2 heterocycles. The van der Waals surface area contributed by atoms with E-state index in [1.165, 1.54) is 0 Å². The summed E-state index contributed by atoms with van der Waals surface area (Å²) in [6, 6.07) is 7.75. The largest absolute Gasteiger partial charge is 0.497 e. The monoisotopic (exact) mass is 332 g/mol. The van der Waals surface area contributed by atoms with Gasteiger partial charge >= 0.3 is 0 Å². The Morgan fingerprint density at radius 2 is 2.17 bits per heavy atom. The molecule has 0 saturated heterocycles. The third-order valence-electron chi connectivity index (χ3n) is 3.78. The van der Waals surface area contributed by atoms with E-state index in [0.717, 1.165) is 16.9 Å². The van der Waals surface area contributed by atoms with E-state index < -0.39 is 0 Å². The highest BCUT2D eigenvalue weighted by Gasteiger charge is 2.25. The Hall–Kier alpha value is -2.34. The quantitative estimate of drug-likeness (QED) is 0.806. The van der Waals surface area contributed by atoms with Crippen molar-refractivity contribution >= 4 is 23.3 Å². The lowest BCUT2D eigenvalue weighted by atomic mass is 10.2. The number of anilines is 1. The fourth-order valence-electron chi connectivity index (χ4n) is 2.59. The number of carbonyl (C=O) groups excluding carboxylic acids is 1. The number of amides is 1. The summed E-state index contributed by atoms with van der Waals surface area (Å²) in [4.78, 5) is 24.2. The van der Waals surface area contributed by atoms with Gasteiger partial charge in [-0.3, -0.25) is 4.79 Å². The van der Waals surface area contributed by atoms with Crippen LogP contribution in [0.5, 0.6) is 5.75 Å². The molecular formula is C16H17ClN4O2. The van der Waals surface area contributed by atoms with Gasteiger partial charge in [0.15, 0.2) is 0 Å². The topological polar surface area (TPSA) is 58.6 Å². The molecule has 0 unspecified atom stereocenters. The summed E-state index contributed by atoms with van der Waals surface area (Å²) in [5, 5.41) is 0.177. The molecule has 0 atom stereocenters. The number of hydrogen-bond acceptors (Lipinski definition) is 5. The molecule has 1 aromatic heterocycles. The first-order valence-electron chi connectivity index (χ1n) is 7.20. The van der Waals surface area contributed by atoms with Crippen LogP contribution in [0.15, 0.2) is 30.5 Å². The number of fused-ring (bicyclic) bond motifs is 1. The van der Waals surface area contributed by atoms with E-state index in [0.29, 0.717) is 18.9 Å². The van der Waals surface area contributed by atoms with Crippen molar-refractivity contribution in [3.05, 3.63) is 46.9 Å². The molecule has 0 spiro atoms. The summed E-state index contributed by atoms with van der Waals surface area (Å²) in [5.41, 5.74) is 1.91. The normalized spacial score (nSPS) is 14.5. The SMILES string of the molecule is COc1cccc(CN2CC(=O)N(C)Cc3cnc(Cl)nc32)c1. The number of carbonyl (C=O) groups is 1. The number of aromatic nitrogens is 2. The molecule has 0 N–H and O–H groups in total. The maximum absolute atomic E-state index is 12.3. The Kier molecular flexibility index (Phi) is 4.34. The van der Waals surface area contributed by atoms with Gasteiger partial charge < -0.3 is 14.5 Å². The molecule has 1 aliphatic rings. The van der Waals surface area contributed by atoms with E-state index in [4.69, 9.17) is 16.3 Å². The highest BCUT2D eigenvalue weighted by Crippen LogP contribution is 2.26. The van der Waals surface area contributed by atoms with Crippen molar-refractivity contribution in [2.75, 3.05) is 25.6 Å². The van der Waals surface area contributed by atoms with Crippen molar-refractivity contribution in [1.29, 1.82) is 0 Å². The third kappa shape index (κ3) is 3.37. The minimum atomic E-state index is 0.0296. The minimum Gasteiger partial charge on any atom is -0.497 e. The highest BCUT2D eigenvalue weighted by atomic mass is 35.5. The van der Waals surface area contributed by atoms with Gasteiger partial charge in [-0.15, -0.1) is 0 Å². The van der Waals surface area contributed by atoms with Gasteiger partial charge in [0.05, 0.1) is 20.2 Å². The second-order valence-corrected chi connectivity index (χ2v) is 5.78. The Morgan fingerprint density at radius 1 is 1.35 bits per heavy atom. The predicted octanol–water partition coefficient (Wildman–Crippen LogP) is 2.12. The van der Waals surface area contributed by atoms with Crippen LogP contribution in [0.3, 0.4) is 0 Å². The van der Waals surface area contributed by atoms with Gasteiger partial charge in [-0.1, -0.05) is 12.1 Å². The number of benzene rings is 1. The lowest BCUT2D eigenvalue weighted by Gasteiger charge is -2.22. The number of halogens is 1. The van der Waals surface area contributed by atoms with E-state index in [2.05, 4.69) is 9.97 Å². The molecule has 0 radical (unpaired) electrons. The number of methoxy groups -OCH3 is 1. The van der Waals surface area contributed by atoms with Crippen LogP contribution in [0.1, 0.15) is 11.1 Å².